The number of amides is 3. The van der Waals surface area contributed by atoms with Crippen molar-refractivity contribution < 1.29 is 14.4 Å². The summed E-state index contributed by atoms with van der Waals surface area (Å²) in [6.07, 6.45) is 0. The first kappa shape index (κ1) is 22.4. The number of likely N-dealkylation sites (N-methyl/N-ethyl adjacent to an activating group) is 1. The molecule has 0 aromatic carbocycles. The zero-order valence-corrected chi connectivity index (χ0v) is 18.1. The van der Waals surface area contributed by atoms with Gasteiger partial charge in [-0.25, -0.2) is 0 Å². The van der Waals surface area contributed by atoms with Gasteiger partial charge in [-0.1, -0.05) is 19.9 Å². The molecule has 1 aromatic rings. The minimum absolute atomic E-state index is 0.00122. The topological polar surface area (TPSA) is 73.0 Å². The molecule has 1 aromatic heterocycles. The number of carbonyl (C=O) groups excluding carboxylic acids is 3. The van der Waals surface area contributed by atoms with Crippen molar-refractivity contribution in [2.24, 2.45) is 5.92 Å². The van der Waals surface area contributed by atoms with Crippen LogP contribution in [-0.4, -0.2) is 84.3 Å². The number of piperazine rings is 1. The van der Waals surface area contributed by atoms with Crippen molar-refractivity contribution >= 4 is 29.1 Å². The highest BCUT2D eigenvalue weighted by Gasteiger charge is 2.31. The number of hydrogen-bond acceptors (Lipinski definition) is 5. The lowest BCUT2D eigenvalue weighted by molar-refractivity contribution is -0.137. The molecule has 156 valence electrons. The fraction of sp³-hybridized carbons (Fsp3) is 0.650. The van der Waals surface area contributed by atoms with E-state index in [1.54, 1.807) is 11.0 Å². The highest BCUT2D eigenvalue weighted by atomic mass is 32.1. The minimum atomic E-state index is -0.543. The molecule has 8 heteroatoms. The number of thiophene rings is 1. The molecule has 0 radical (unpaired) electrons. The first-order valence-corrected chi connectivity index (χ1v) is 10.9. The Labute approximate surface area is 171 Å². The van der Waals surface area contributed by atoms with Crippen molar-refractivity contribution in [3.8, 4) is 0 Å². The Morgan fingerprint density at radius 3 is 2.29 bits per heavy atom. The second kappa shape index (κ2) is 10.6. The molecule has 1 fully saturated rings. The maximum atomic E-state index is 13.0. The van der Waals surface area contributed by atoms with Gasteiger partial charge >= 0.3 is 0 Å². The second-order valence-electron chi connectivity index (χ2n) is 7.34. The molecule has 1 unspecified atom stereocenters. The molecule has 2 heterocycles. The summed E-state index contributed by atoms with van der Waals surface area (Å²) in [6.45, 7) is 12.2. The average molecular weight is 409 g/mol. The second-order valence-corrected chi connectivity index (χ2v) is 8.29. The molecule has 0 spiro atoms. The lowest BCUT2D eigenvalue weighted by Gasteiger charge is -2.37. The van der Waals surface area contributed by atoms with Crippen molar-refractivity contribution in [3.63, 3.8) is 0 Å². The van der Waals surface area contributed by atoms with Crippen LogP contribution < -0.4 is 5.32 Å². The van der Waals surface area contributed by atoms with E-state index in [0.717, 1.165) is 0 Å². The number of nitrogens with one attached hydrogen (secondary N) is 1. The van der Waals surface area contributed by atoms with E-state index in [9.17, 15) is 14.4 Å². The Bertz CT molecular complexity index is 650. The van der Waals surface area contributed by atoms with E-state index in [0.29, 0.717) is 50.7 Å². The van der Waals surface area contributed by atoms with Gasteiger partial charge in [0.1, 0.15) is 6.04 Å². The zero-order chi connectivity index (χ0) is 20.7. The SMILES string of the molecule is CCN(CC)C(=O)CN1CCN(C(=O)C(NC(=O)c2cccs2)C(C)C)CC1. The minimum Gasteiger partial charge on any atom is -0.342 e. The van der Waals surface area contributed by atoms with Crippen LogP contribution in [0.2, 0.25) is 0 Å². The number of carbonyl (C=O) groups is 3. The predicted octanol–water partition coefficient (Wildman–Crippen LogP) is 1.52. The van der Waals surface area contributed by atoms with E-state index in [1.807, 2.05) is 44.0 Å². The molecule has 2 rings (SSSR count). The summed E-state index contributed by atoms with van der Waals surface area (Å²) >= 11 is 1.36. The molecule has 1 N–H and O–H groups in total. The summed E-state index contributed by atoms with van der Waals surface area (Å²) in [6, 6.07) is 3.04. The normalized spacial score (nSPS) is 16.1. The molecular weight excluding hydrogens is 376 g/mol. The maximum Gasteiger partial charge on any atom is 0.262 e. The lowest BCUT2D eigenvalue weighted by atomic mass is 10.0. The first-order valence-electron chi connectivity index (χ1n) is 10.0. The van der Waals surface area contributed by atoms with Gasteiger partial charge in [0, 0.05) is 39.3 Å². The monoisotopic (exact) mass is 408 g/mol. The highest BCUT2D eigenvalue weighted by molar-refractivity contribution is 7.12. The highest BCUT2D eigenvalue weighted by Crippen LogP contribution is 2.13. The van der Waals surface area contributed by atoms with Gasteiger partial charge in [0.2, 0.25) is 11.8 Å². The largest absolute Gasteiger partial charge is 0.342 e. The smallest absolute Gasteiger partial charge is 0.262 e. The first-order chi connectivity index (χ1) is 13.4. The number of nitrogens with zero attached hydrogens (tertiary/aromatic N) is 3. The van der Waals surface area contributed by atoms with Crippen LogP contribution in [0.1, 0.15) is 37.4 Å². The van der Waals surface area contributed by atoms with Gasteiger partial charge in [-0.15, -0.1) is 11.3 Å². The van der Waals surface area contributed by atoms with Crippen LogP contribution in [0.5, 0.6) is 0 Å². The Balaban J connectivity index is 1.89. The molecule has 7 nitrogen and oxygen atoms in total. The van der Waals surface area contributed by atoms with Crippen molar-refractivity contribution in [2.75, 3.05) is 45.8 Å². The molecule has 0 bridgehead atoms. The fourth-order valence-electron chi connectivity index (χ4n) is 3.32. The van der Waals surface area contributed by atoms with Gasteiger partial charge < -0.3 is 15.1 Å². The van der Waals surface area contributed by atoms with Crippen molar-refractivity contribution in [1.29, 1.82) is 0 Å². The standard InChI is InChI=1S/C20H32N4O3S/c1-5-23(6-2)17(25)14-22-9-11-24(12-10-22)20(27)18(15(3)4)21-19(26)16-8-7-13-28-16/h7-8,13,15,18H,5-6,9-12,14H2,1-4H3,(H,21,26). The van der Waals surface area contributed by atoms with E-state index in [-0.39, 0.29) is 23.6 Å². The molecule has 0 saturated carbocycles. The van der Waals surface area contributed by atoms with Gasteiger partial charge in [-0.05, 0) is 31.2 Å². The molecular formula is C20H32N4O3S. The van der Waals surface area contributed by atoms with Gasteiger partial charge in [-0.2, -0.15) is 0 Å². The van der Waals surface area contributed by atoms with Crippen molar-refractivity contribution in [3.05, 3.63) is 22.4 Å². The Morgan fingerprint density at radius 1 is 1.14 bits per heavy atom. The third-order valence-electron chi connectivity index (χ3n) is 5.12. The van der Waals surface area contributed by atoms with Crippen molar-refractivity contribution in [1.82, 2.24) is 20.0 Å². The zero-order valence-electron chi connectivity index (χ0n) is 17.3. The van der Waals surface area contributed by atoms with Gasteiger partial charge in [0.25, 0.3) is 5.91 Å². The van der Waals surface area contributed by atoms with Crippen molar-refractivity contribution in [2.45, 2.75) is 33.7 Å². The maximum absolute atomic E-state index is 13.0. The molecule has 28 heavy (non-hydrogen) atoms. The lowest BCUT2D eigenvalue weighted by Crippen LogP contribution is -2.57. The van der Waals surface area contributed by atoms with E-state index in [2.05, 4.69) is 10.2 Å². The quantitative estimate of drug-likeness (QED) is 0.708. The van der Waals surface area contributed by atoms with Gasteiger partial charge in [0.15, 0.2) is 0 Å². The Hall–Kier alpha value is -1.93. The number of rotatable bonds is 8. The summed E-state index contributed by atoms with van der Waals surface area (Å²) < 4.78 is 0. The molecule has 1 saturated heterocycles. The molecule has 0 aliphatic carbocycles. The van der Waals surface area contributed by atoms with E-state index < -0.39 is 6.04 Å². The third kappa shape index (κ3) is 5.78. The van der Waals surface area contributed by atoms with E-state index in [1.165, 1.54) is 11.3 Å². The molecule has 3 amide bonds. The van der Waals surface area contributed by atoms with Crippen LogP contribution in [0.3, 0.4) is 0 Å². The predicted molar refractivity (Wildman–Crippen MR) is 111 cm³/mol. The van der Waals surface area contributed by atoms with Crippen LogP contribution >= 0.6 is 11.3 Å². The van der Waals surface area contributed by atoms with Gasteiger partial charge in [-0.3, -0.25) is 19.3 Å². The molecule has 1 atom stereocenters. The summed E-state index contributed by atoms with van der Waals surface area (Å²) in [7, 11) is 0. The Morgan fingerprint density at radius 2 is 1.79 bits per heavy atom. The number of hydrogen-bond donors (Lipinski definition) is 1. The van der Waals surface area contributed by atoms with Crippen LogP contribution in [0.4, 0.5) is 0 Å². The van der Waals surface area contributed by atoms with Crippen LogP contribution in [0, 0.1) is 5.92 Å². The molecule has 1 aliphatic rings. The Kier molecular flexibility index (Phi) is 8.44. The summed E-state index contributed by atoms with van der Waals surface area (Å²) in [4.78, 5) is 44.0. The summed E-state index contributed by atoms with van der Waals surface area (Å²) in [5.41, 5.74) is 0. The third-order valence-corrected chi connectivity index (χ3v) is 5.99. The summed E-state index contributed by atoms with van der Waals surface area (Å²) in [5.74, 6) is -0.119. The van der Waals surface area contributed by atoms with Gasteiger partial charge in [0.05, 0.1) is 11.4 Å². The van der Waals surface area contributed by atoms with Crippen LogP contribution in [-0.2, 0) is 9.59 Å². The van der Waals surface area contributed by atoms with E-state index in [4.69, 9.17) is 0 Å². The molecule has 1 aliphatic heterocycles. The summed E-state index contributed by atoms with van der Waals surface area (Å²) in [5, 5.41) is 4.74. The van der Waals surface area contributed by atoms with Crippen LogP contribution in [0.15, 0.2) is 17.5 Å². The van der Waals surface area contributed by atoms with Crippen LogP contribution in [0.25, 0.3) is 0 Å². The average Bonchev–Trinajstić information content (AvgIpc) is 3.21. The fourth-order valence-corrected chi connectivity index (χ4v) is 3.95. The van der Waals surface area contributed by atoms with E-state index >= 15 is 0 Å².